The molecule has 0 bridgehead atoms. The maximum absolute atomic E-state index is 13.1. The highest BCUT2D eigenvalue weighted by Crippen LogP contribution is 2.39. The smallest absolute Gasteiger partial charge is 0.244 e. The van der Waals surface area contributed by atoms with Gasteiger partial charge in [0.2, 0.25) is 15.9 Å². The summed E-state index contributed by atoms with van der Waals surface area (Å²) in [4.78, 5) is 18.4. The summed E-state index contributed by atoms with van der Waals surface area (Å²) in [5.41, 5.74) is 8.00. The van der Waals surface area contributed by atoms with E-state index in [-0.39, 0.29) is 35.1 Å². The number of halogens is 1. The molecule has 2 aliphatic heterocycles. The summed E-state index contributed by atoms with van der Waals surface area (Å²) in [6.07, 6.45) is 1.80. The number of nitrogens with two attached hydrogens (primary N) is 1. The maximum Gasteiger partial charge on any atom is 0.244 e. The lowest BCUT2D eigenvalue weighted by Crippen LogP contribution is -2.36. The van der Waals surface area contributed by atoms with E-state index >= 15 is 0 Å². The zero-order valence-electron chi connectivity index (χ0n) is 17.7. The fourth-order valence-corrected chi connectivity index (χ4v) is 6.70. The number of pyridine rings is 1. The largest absolute Gasteiger partial charge is 0.370 e. The third-order valence-corrected chi connectivity index (χ3v) is 8.85. The molecule has 166 valence electrons. The number of rotatable bonds is 6. The van der Waals surface area contributed by atoms with Crippen LogP contribution in [0.5, 0.6) is 0 Å². The van der Waals surface area contributed by atoms with Crippen LogP contribution in [-0.4, -0.2) is 54.7 Å². The van der Waals surface area contributed by atoms with Crippen LogP contribution in [-0.2, 0) is 14.8 Å². The molecule has 2 fully saturated rings. The SMILES string of the molecule is Cc1ccc(C(CC(N)=O)N2CC3CN(S(=O)(=O)c4cccnc4C)CC3C2)cc1Cl. The Hall–Kier alpha value is -2.00. The first kappa shape index (κ1) is 22.2. The lowest BCUT2D eigenvalue weighted by atomic mass is 10.0. The van der Waals surface area contributed by atoms with Gasteiger partial charge < -0.3 is 5.73 Å². The van der Waals surface area contributed by atoms with Crippen LogP contribution in [0.4, 0.5) is 0 Å². The lowest BCUT2D eigenvalue weighted by molar-refractivity contribution is -0.119. The van der Waals surface area contributed by atoms with Gasteiger partial charge in [-0.25, -0.2) is 8.42 Å². The van der Waals surface area contributed by atoms with Crippen LogP contribution in [0.1, 0.15) is 29.3 Å². The topological polar surface area (TPSA) is 96.6 Å². The summed E-state index contributed by atoms with van der Waals surface area (Å²) < 4.78 is 27.8. The first-order valence-corrected chi connectivity index (χ1v) is 12.2. The van der Waals surface area contributed by atoms with Crippen molar-refractivity contribution in [2.24, 2.45) is 17.6 Å². The molecule has 0 spiro atoms. The van der Waals surface area contributed by atoms with E-state index in [0.29, 0.717) is 36.9 Å². The number of carbonyl (C=O) groups is 1. The Morgan fingerprint density at radius 2 is 1.87 bits per heavy atom. The Morgan fingerprint density at radius 3 is 2.45 bits per heavy atom. The van der Waals surface area contributed by atoms with E-state index in [1.165, 1.54) is 0 Å². The molecule has 3 unspecified atom stereocenters. The van der Waals surface area contributed by atoms with Crippen molar-refractivity contribution in [3.05, 3.63) is 58.4 Å². The van der Waals surface area contributed by atoms with Gasteiger partial charge in [0, 0.05) is 49.9 Å². The van der Waals surface area contributed by atoms with Crippen LogP contribution in [0.2, 0.25) is 5.02 Å². The van der Waals surface area contributed by atoms with Crippen LogP contribution in [0.25, 0.3) is 0 Å². The minimum absolute atomic E-state index is 0.160. The highest BCUT2D eigenvalue weighted by atomic mass is 35.5. The fourth-order valence-electron chi connectivity index (χ4n) is 4.78. The minimum atomic E-state index is -3.57. The number of hydrogen-bond donors (Lipinski definition) is 1. The third-order valence-electron chi connectivity index (χ3n) is 6.47. The van der Waals surface area contributed by atoms with Crippen LogP contribution in [0.3, 0.4) is 0 Å². The number of aryl methyl sites for hydroxylation is 2. The van der Waals surface area contributed by atoms with Crippen molar-refractivity contribution in [1.29, 1.82) is 0 Å². The van der Waals surface area contributed by atoms with Gasteiger partial charge in [-0.1, -0.05) is 23.7 Å². The predicted molar refractivity (Wildman–Crippen MR) is 119 cm³/mol. The molecular formula is C22H27ClN4O3S. The van der Waals surface area contributed by atoms with Crippen molar-refractivity contribution in [2.75, 3.05) is 26.2 Å². The fraction of sp³-hybridized carbons (Fsp3) is 0.455. The molecule has 0 aliphatic carbocycles. The second-order valence-electron chi connectivity index (χ2n) is 8.58. The Balaban J connectivity index is 1.51. The molecular weight excluding hydrogens is 436 g/mol. The molecule has 9 heteroatoms. The van der Waals surface area contributed by atoms with E-state index in [4.69, 9.17) is 17.3 Å². The van der Waals surface area contributed by atoms with Crippen LogP contribution in [0.15, 0.2) is 41.4 Å². The number of nitrogens with zero attached hydrogens (tertiary/aromatic N) is 3. The summed E-state index contributed by atoms with van der Waals surface area (Å²) in [7, 11) is -3.57. The standard InChI is InChI=1S/C22H27ClN4O3S/c1-14-5-6-16(8-19(14)23)20(9-22(24)28)26-10-17-12-27(13-18(17)11-26)31(29,30)21-4-3-7-25-15(21)2/h3-8,17-18,20H,9-13H2,1-2H3,(H2,24,28). The first-order chi connectivity index (χ1) is 14.7. The molecule has 1 aromatic heterocycles. The first-order valence-electron chi connectivity index (χ1n) is 10.4. The molecule has 2 aliphatic rings. The van der Waals surface area contributed by atoms with Crippen molar-refractivity contribution in [1.82, 2.24) is 14.2 Å². The molecule has 31 heavy (non-hydrogen) atoms. The Bertz CT molecular complexity index is 1090. The van der Waals surface area contributed by atoms with E-state index in [1.807, 2.05) is 25.1 Å². The average Bonchev–Trinajstić information content (AvgIpc) is 3.28. The van der Waals surface area contributed by atoms with Gasteiger partial charge in [-0.15, -0.1) is 0 Å². The molecule has 4 rings (SSSR count). The molecule has 2 aromatic rings. The number of hydrogen-bond acceptors (Lipinski definition) is 5. The van der Waals surface area contributed by atoms with Crippen molar-refractivity contribution < 1.29 is 13.2 Å². The highest BCUT2D eigenvalue weighted by Gasteiger charge is 2.46. The van der Waals surface area contributed by atoms with Gasteiger partial charge in [-0.2, -0.15) is 4.31 Å². The van der Waals surface area contributed by atoms with Gasteiger partial charge in [0.05, 0.1) is 5.69 Å². The van der Waals surface area contributed by atoms with Crippen molar-refractivity contribution >= 4 is 27.5 Å². The summed E-state index contributed by atoms with van der Waals surface area (Å²) >= 11 is 6.32. The van der Waals surface area contributed by atoms with E-state index in [2.05, 4.69) is 9.88 Å². The van der Waals surface area contributed by atoms with Crippen LogP contribution in [0, 0.1) is 25.7 Å². The van der Waals surface area contributed by atoms with E-state index in [9.17, 15) is 13.2 Å². The molecule has 1 aromatic carbocycles. The number of likely N-dealkylation sites (tertiary alicyclic amines) is 1. The van der Waals surface area contributed by atoms with Gasteiger partial charge in [-0.05, 0) is 55.0 Å². The number of carbonyl (C=O) groups excluding carboxylic acids is 1. The molecule has 3 heterocycles. The zero-order valence-corrected chi connectivity index (χ0v) is 19.2. The summed E-state index contributed by atoms with van der Waals surface area (Å²) in [5.74, 6) is 0.0566. The lowest BCUT2D eigenvalue weighted by Gasteiger charge is -2.29. The molecule has 3 atom stereocenters. The number of aromatic nitrogens is 1. The summed E-state index contributed by atoms with van der Waals surface area (Å²) in [6, 6.07) is 8.95. The van der Waals surface area contributed by atoms with Gasteiger partial charge in [0.25, 0.3) is 0 Å². The molecule has 2 N–H and O–H groups in total. The molecule has 1 amide bonds. The van der Waals surface area contributed by atoms with Gasteiger partial charge in [0.1, 0.15) is 4.90 Å². The quantitative estimate of drug-likeness (QED) is 0.711. The maximum atomic E-state index is 13.1. The molecule has 7 nitrogen and oxygen atoms in total. The number of fused-ring (bicyclic) bond motifs is 1. The Morgan fingerprint density at radius 1 is 1.19 bits per heavy atom. The van der Waals surface area contributed by atoms with Gasteiger partial charge in [0.15, 0.2) is 0 Å². The van der Waals surface area contributed by atoms with E-state index in [1.54, 1.807) is 29.6 Å². The van der Waals surface area contributed by atoms with Crippen molar-refractivity contribution in [3.63, 3.8) is 0 Å². The molecule has 0 saturated carbocycles. The Labute approximate surface area is 188 Å². The zero-order chi connectivity index (χ0) is 22.3. The van der Waals surface area contributed by atoms with Gasteiger partial charge in [-0.3, -0.25) is 14.7 Å². The monoisotopic (exact) mass is 462 g/mol. The summed E-state index contributed by atoms with van der Waals surface area (Å²) in [5, 5.41) is 0.662. The number of amides is 1. The van der Waals surface area contributed by atoms with Crippen molar-refractivity contribution in [3.8, 4) is 0 Å². The highest BCUT2D eigenvalue weighted by molar-refractivity contribution is 7.89. The van der Waals surface area contributed by atoms with Crippen LogP contribution < -0.4 is 5.73 Å². The number of benzene rings is 1. The number of primary amides is 1. The minimum Gasteiger partial charge on any atom is -0.370 e. The number of sulfonamides is 1. The Kier molecular flexibility index (Phi) is 6.09. The second-order valence-corrected chi connectivity index (χ2v) is 10.9. The van der Waals surface area contributed by atoms with Crippen LogP contribution >= 0.6 is 11.6 Å². The average molecular weight is 463 g/mol. The van der Waals surface area contributed by atoms with E-state index < -0.39 is 10.0 Å². The summed E-state index contributed by atoms with van der Waals surface area (Å²) in [6.45, 7) is 6.02. The third kappa shape index (κ3) is 4.35. The molecule has 0 radical (unpaired) electrons. The van der Waals surface area contributed by atoms with Crippen molar-refractivity contribution in [2.45, 2.75) is 31.2 Å². The predicted octanol–water partition coefficient (Wildman–Crippen LogP) is 2.52. The van der Waals surface area contributed by atoms with E-state index in [0.717, 1.165) is 11.1 Å². The molecule has 2 saturated heterocycles. The van der Waals surface area contributed by atoms with Gasteiger partial charge >= 0.3 is 0 Å². The second kappa shape index (κ2) is 8.50. The normalized spacial score (nSPS) is 23.1.